The highest BCUT2D eigenvalue weighted by molar-refractivity contribution is 5.91. The Morgan fingerprint density at radius 3 is 2.13 bits per heavy atom. The predicted octanol–water partition coefficient (Wildman–Crippen LogP) is 7.94. The largest absolute Gasteiger partial charge is 0.494 e. The smallest absolute Gasteiger partial charge is 0.343 e. The van der Waals surface area contributed by atoms with E-state index in [0.717, 1.165) is 24.7 Å². The number of hydrogen-bond acceptors (Lipinski definition) is 3. The Kier molecular flexibility index (Phi) is 9.45. The summed E-state index contributed by atoms with van der Waals surface area (Å²) in [6, 6.07) is 15.3. The van der Waals surface area contributed by atoms with Crippen molar-refractivity contribution in [2.24, 2.45) is 5.92 Å². The van der Waals surface area contributed by atoms with E-state index in [1.165, 1.54) is 63.4 Å². The van der Waals surface area contributed by atoms with E-state index in [9.17, 15) is 4.79 Å². The van der Waals surface area contributed by atoms with E-state index in [0.29, 0.717) is 17.2 Å². The van der Waals surface area contributed by atoms with Crippen LogP contribution in [0.4, 0.5) is 0 Å². The number of rotatable bonds is 11. The summed E-state index contributed by atoms with van der Waals surface area (Å²) in [6.07, 6.45) is 12.6. The molecule has 0 aliphatic heterocycles. The SMILES string of the molecule is CCCCCCOc1ccc(C(=O)Oc2ccc(C3CCC(CCC)CC3)cc2)cc1. The van der Waals surface area contributed by atoms with Gasteiger partial charge in [-0.2, -0.15) is 0 Å². The van der Waals surface area contributed by atoms with Crippen LogP contribution in [0.2, 0.25) is 0 Å². The second-order valence-corrected chi connectivity index (χ2v) is 8.90. The number of carbonyl (C=O) groups excluding carboxylic acids is 1. The Balaban J connectivity index is 1.46. The van der Waals surface area contributed by atoms with Gasteiger partial charge in [0.2, 0.25) is 0 Å². The van der Waals surface area contributed by atoms with E-state index in [1.807, 2.05) is 24.3 Å². The molecule has 3 rings (SSSR count). The van der Waals surface area contributed by atoms with Gasteiger partial charge < -0.3 is 9.47 Å². The lowest BCUT2D eigenvalue weighted by atomic mass is 9.77. The molecule has 1 aliphatic carbocycles. The molecule has 2 aromatic carbocycles. The van der Waals surface area contributed by atoms with Crippen molar-refractivity contribution >= 4 is 5.97 Å². The Bertz CT molecular complexity index is 771. The van der Waals surface area contributed by atoms with Gasteiger partial charge in [-0.15, -0.1) is 0 Å². The highest BCUT2D eigenvalue weighted by Crippen LogP contribution is 2.37. The van der Waals surface area contributed by atoms with Crippen LogP contribution in [-0.2, 0) is 0 Å². The lowest BCUT2D eigenvalue weighted by molar-refractivity contribution is 0.0734. The maximum atomic E-state index is 12.5. The molecule has 0 aromatic heterocycles. The molecule has 31 heavy (non-hydrogen) atoms. The van der Waals surface area contributed by atoms with Gasteiger partial charge >= 0.3 is 5.97 Å². The third kappa shape index (κ3) is 7.41. The number of esters is 1. The van der Waals surface area contributed by atoms with Crippen molar-refractivity contribution in [1.29, 1.82) is 0 Å². The highest BCUT2D eigenvalue weighted by Gasteiger charge is 2.21. The summed E-state index contributed by atoms with van der Waals surface area (Å²) in [4.78, 5) is 12.5. The Labute approximate surface area is 188 Å². The zero-order chi connectivity index (χ0) is 21.9. The normalized spacial score (nSPS) is 18.5. The molecule has 1 aliphatic rings. The minimum atomic E-state index is -0.331. The molecule has 0 amide bonds. The van der Waals surface area contributed by atoms with Gasteiger partial charge in [0.1, 0.15) is 11.5 Å². The molecule has 0 saturated heterocycles. The van der Waals surface area contributed by atoms with Crippen molar-refractivity contribution in [3.8, 4) is 11.5 Å². The van der Waals surface area contributed by atoms with Gasteiger partial charge in [0, 0.05) is 0 Å². The van der Waals surface area contributed by atoms with Crippen molar-refractivity contribution in [2.75, 3.05) is 6.61 Å². The molecule has 0 atom stereocenters. The molecule has 0 N–H and O–H groups in total. The average Bonchev–Trinajstić information content (AvgIpc) is 2.81. The Hall–Kier alpha value is -2.29. The first kappa shape index (κ1) is 23.4. The molecule has 1 fully saturated rings. The van der Waals surface area contributed by atoms with Gasteiger partial charge in [0.25, 0.3) is 0 Å². The van der Waals surface area contributed by atoms with Crippen molar-refractivity contribution in [2.45, 2.75) is 84.0 Å². The van der Waals surface area contributed by atoms with Crippen LogP contribution in [0.15, 0.2) is 48.5 Å². The van der Waals surface area contributed by atoms with Gasteiger partial charge in [-0.3, -0.25) is 0 Å². The van der Waals surface area contributed by atoms with Crippen LogP contribution in [0.5, 0.6) is 11.5 Å². The standard InChI is InChI=1S/C28H38O3/c1-3-5-6-7-21-30-26-17-15-25(16-18-26)28(29)31-27-19-13-24(14-20-27)23-11-9-22(8-4-2)10-12-23/h13-20,22-23H,3-12,21H2,1-2H3. The molecule has 0 bridgehead atoms. The molecule has 2 aromatic rings. The fourth-order valence-electron chi connectivity index (χ4n) is 4.57. The zero-order valence-electron chi connectivity index (χ0n) is 19.3. The molecular weight excluding hydrogens is 384 g/mol. The van der Waals surface area contributed by atoms with Crippen LogP contribution in [-0.4, -0.2) is 12.6 Å². The number of carbonyl (C=O) groups is 1. The Morgan fingerprint density at radius 2 is 1.48 bits per heavy atom. The van der Waals surface area contributed by atoms with Crippen LogP contribution in [0, 0.1) is 5.92 Å². The highest BCUT2D eigenvalue weighted by atomic mass is 16.5. The van der Waals surface area contributed by atoms with Crippen molar-refractivity contribution in [3.05, 3.63) is 59.7 Å². The molecule has 0 unspecified atom stereocenters. The average molecular weight is 423 g/mol. The Morgan fingerprint density at radius 1 is 0.806 bits per heavy atom. The fourth-order valence-corrected chi connectivity index (χ4v) is 4.57. The monoisotopic (exact) mass is 422 g/mol. The summed E-state index contributed by atoms with van der Waals surface area (Å²) < 4.78 is 11.3. The summed E-state index contributed by atoms with van der Waals surface area (Å²) in [5.41, 5.74) is 1.91. The van der Waals surface area contributed by atoms with Crippen LogP contribution in [0.25, 0.3) is 0 Å². The predicted molar refractivity (Wildman–Crippen MR) is 127 cm³/mol. The third-order valence-corrected chi connectivity index (χ3v) is 6.46. The van der Waals surface area contributed by atoms with E-state index < -0.39 is 0 Å². The first-order valence-electron chi connectivity index (χ1n) is 12.2. The maximum Gasteiger partial charge on any atom is 0.343 e. The summed E-state index contributed by atoms with van der Waals surface area (Å²) in [7, 11) is 0. The lowest BCUT2D eigenvalue weighted by Gasteiger charge is -2.28. The number of unbranched alkanes of at least 4 members (excludes halogenated alkanes) is 3. The fraction of sp³-hybridized carbons (Fsp3) is 0.536. The molecule has 0 radical (unpaired) electrons. The number of benzene rings is 2. The molecule has 168 valence electrons. The molecule has 3 nitrogen and oxygen atoms in total. The first-order valence-corrected chi connectivity index (χ1v) is 12.2. The zero-order valence-corrected chi connectivity index (χ0v) is 19.3. The molecular formula is C28H38O3. The lowest BCUT2D eigenvalue weighted by Crippen LogP contribution is -2.13. The second-order valence-electron chi connectivity index (χ2n) is 8.90. The molecule has 0 spiro atoms. The van der Waals surface area contributed by atoms with E-state index in [-0.39, 0.29) is 5.97 Å². The molecule has 3 heteroatoms. The van der Waals surface area contributed by atoms with Crippen LogP contribution < -0.4 is 9.47 Å². The number of hydrogen-bond donors (Lipinski definition) is 0. The first-order chi connectivity index (χ1) is 15.2. The van der Waals surface area contributed by atoms with Gasteiger partial charge in [-0.05, 0) is 85.9 Å². The topological polar surface area (TPSA) is 35.5 Å². The summed E-state index contributed by atoms with van der Waals surface area (Å²) in [6.45, 7) is 5.20. The van der Waals surface area contributed by atoms with Gasteiger partial charge in [0.05, 0.1) is 12.2 Å². The van der Waals surface area contributed by atoms with Gasteiger partial charge in [0.15, 0.2) is 0 Å². The van der Waals surface area contributed by atoms with E-state index >= 15 is 0 Å². The van der Waals surface area contributed by atoms with Crippen molar-refractivity contribution in [1.82, 2.24) is 0 Å². The minimum absolute atomic E-state index is 0.331. The quantitative estimate of drug-likeness (QED) is 0.209. The van der Waals surface area contributed by atoms with E-state index in [2.05, 4.69) is 26.0 Å². The molecule has 1 saturated carbocycles. The summed E-state index contributed by atoms with van der Waals surface area (Å²) in [5, 5.41) is 0. The van der Waals surface area contributed by atoms with Crippen LogP contribution in [0.1, 0.15) is 99.9 Å². The van der Waals surface area contributed by atoms with Gasteiger partial charge in [-0.25, -0.2) is 4.79 Å². The summed E-state index contributed by atoms with van der Waals surface area (Å²) >= 11 is 0. The molecule has 0 heterocycles. The summed E-state index contributed by atoms with van der Waals surface area (Å²) in [5.74, 6) is 2.63. The van der Waals surface area contributed by atoms with Crippen LogP contribution >= 0.6 is 0 Å². The van der Waals surface area contributed by atoms with E-state index in [4.69, 9.17) is 9.47 Å². The van der Waals surface area contributed by atoms with Crippen molar-refractivity contribution in [3.63, 3.8) is 0 Å². The van der Waals surface area contributed by atoms with Crippen molar-refractivity contribution < 1.29 is 14.3 Å². The second kappa shape index (κ2) is 12.5. The number of ether oxygens (including phenoxy) is 2. The van der Waals surface area contributed by atoms with Gasteiger partial charge in [-0.1, -0.05) is 58.1 Å². The van der Waals surface area contributed by atoms with Crippen LogP contribution in [0.3, 0.4) is 0 Å². The third-order valence-electron chi connectivity index (χ3n) is 6.46. The maximum absolute atomic E-state index is 12.5. The minimum Gasteiger partial charge on any atom is -0.494 e. The van der Waals surface area contributed by atoms with E-state index in [1.54, 1.807) is 12.1 Å².